The summed E-state index contributed by atoms with van der Waals surface area (Å²) in [4.78, 5) is 10.9. The summed E-state index contributed by atoms with van der Waals surface area (Å²) in [5.74, 6) is -5.40. The van der Waals surface area contributed by atoms with Crippen molar-refractivity contribution in [3.63, 3.8) is 0 Å². The van der Waals surface area contributed by atoms with E-state index in [2.05, 4.69) is 0 Å². The standard InChI is InChI=1S/C3H2F6O.C3H7NO/c4-1(5)2(6,10)3(7,8)9;1-4(2)3-5/h1,10H;3H,1-2H3. The van der Waals surface area contributed by atoms with Crippen molar-refractivity contribution < 1.29 is 36.2 Å². The van der Waals surface area contributed by atoms with Gasteiger partial charge < -0.3 is 10.0 Å². The van der Waals surface area contributed by atoms with Crippen molar-refractivity contribution >= 4 is 6.41 Å². The van der Waals surface area contributed by atoms with E-state index in [0.717, 1.165) is 6.41 Å². The molecule has 0 radical (unpaired) electrons. The monoisotopic (exact) mass is 241 g/mol. The minimum Gasteiger partial charge on any atom is -0.351 e. The Kier molecular flexibility index (Phi) is 6.34. The van der Waals surface area contributed by atoms with Crippen LogP contribution in [0.5, 0.6) is 0 Å². The van der Waals surface area contributed by atoms with E-state index in [0.29, 0.717) is 0 Å². The van der Waals surface area contributed by atoms with Crippen LogP contribution in [0.25, 0.3) is 0 Å². The van der Waals surface area contributed by atoms with Crippen molar-refractivity contribution in [3.8, 4) is 0 Å². The number of rotatable bonds is 2. The molecule has 0 saturated carbocycles. The molecule has 0 aliphatic carbocycles. The van der Waals surface area contributed by atoms with Gasteiger partial charge in [0.15, 0.2) is 0 Å². The molecule has 0 aromatic rings. The average molecular weight is 241 g/mol. The molecule has 15 heavy (non-hydrogen) atoms. The van der Waals surface area contributed by atoms with Gasteiger partial charge in [0.05, 0.1) is 0 Å². The summed E-state index contributed by atoms with van der Waals surface area (Å²) in [5, 5.41) is 7.39. The van der Waals surface area contributed by atoms with Gasteiger partial charge in [-0.2, -0.15) is 17.6 Å². The van der Waals surface area contributed by atoms with Crippen molar-refractivity contribution in [2.75, 3.05) is 14.1 Å². The predicted octanol–water partition coefficient (Wildman–Crippen LogP) is 1.18. The molecule has 0 saturated heterocycles. The van der Waals surface area contributed by atoms with E-state index in [9.17, 15) is 31.1 Å². The minimum atomic E-state index is -5.94. The van der Waals surface area contributed by atoms with Gasteiger partial charge in [-0.05, 0) is 0 Å². The highest BCUT2D eigenvalue weighted by Gasteiger charge is 2.62. The van der Waals surface area contributed by atoms with E-state index in [4.69, 9.17) is 5.11 Å². The molecular weight excluding hydrogens is 232 g/mol. The fourth-order valence-corrected chi connectivity index (χ4v) is 0.124. The Bertz CT molecular complexity index is 191. The Morgan fingerprint density at radius 3 is 1.47 bits per heavy atom. The first kappa shape index (κ1) is 16.4. The lowest BCUT2D eigenvalue weighted by atomic mass is 10.3. The van der Waals surface area contributed by atoms with Crippen LogP contribution in [0.1, 0.15) is 0 Å². The molecule has 0 aliphatic rings. The lowest BCUT2D eigenvalue weighted by Crippen LogP contribution is -2.47. The Morgan fingerprint density at radius 1 is 1.20 bits per heavy atom. The molecule has 0 aliphatic heterocycles. The Hall–Kier alpha value is -0.990. The second kappa shape index (κ2) is 5.79. The third-order valence-corrected chi connectivity index (χ3v) is 0.898. The number of hydrogen-bond acceptors (Lipinski definition) is 2. The Balaban J connectivity index is 0. The Morgan fingerprint density at radius 2 is 1.47 bits per heavy atom. The molecule has 0 heterocycles. The number of carbonyl (C=O) groups excluding carboxylic acids is 1. The molecule has 0 fully saturated rings. The number of aliphatic hydroxyl groups is 1. The maximum Gasteiger partial charge on any atom is 0.454 e. The molecule has 0 aromatic heterocycles. The van der Waals surface area contributed by atoms with Crippen LogP contribution in [0, 0.1) is 0 Å². The summed E-state index contributed by atoms with van der Waals surface area (Å²) in [7, 11) is 3.38. The van der Waals surface area contributed by atoms with Crippen LogP contribution in [0.3, 0.4) is 0 Å². The maximum absolute atomic E-state index is 11.4. The molecule has 0 bridgehead atoms. The first-order chi connectivity index (χ1) is 6.46. The van der Waals surface area contributed by atoms with Gasteiger partial charge in [-0.25, -0.2) is 8.78 Å². The predicted molar refractivity (Wildman–Crippen MR) is 37.9 cm³/mol. The highest BCUT2D eigenvalue weighted by Crippen LogP contribution is 2.36. The highest BCUT2D eigenvalue weighted by molar-refractivity contribution is 5.45. The molecule has 0 rings (SSSR count). The normalized spacial score (nSPS) is 15.1. The van der Waals surface area contributed by atoms with Crippen LogP contribution >= 0.6 is 0 Å². The van der Waals surface area contributed by atoms with E-state index < -0.39 is 18.5 Å². The van der Waals surface area contributed by atoms with Crippen LogP contribution < -0.4 is 0 Å². The van der Waals surface area contributed by atoms with E-state index in [-0.39, 0.29) is 0 Å². The van der Waals surface area contributed by atoms with Crippen molar-refractivity contribution in [3.05, 3.63) is 0 Å². The van der Waals surface area contributed by atoms with Crippen molar-refractivity contribution in [2.24, 2.45) is 0 Å². The van der Waals surface area contributed by atoms with Crippen molar-refractivity contribution in [2.45, 2.75) is 18.5 Å². The van der Waals surface area contributed by atoms with Crippen molar-refractivity contribution in [1.29, 1.82) is 0 Å². The van der Waals surface area contributed by atoms with Gasteiger partial charge in [0.25, 0.3) is 0 Å². The number of hydrogen-bond donors (Lipinski definition) is 1. The number of carbonyl (C=O) groups is 1. The number of amides is 1. The molecule has 0 spiro atoms. The van der Waals surface area contributed by atoms with Gasteiger partial charge >= 0.3 is 18.5 Å². The summed E-state index contributed by atoms with van der Waals surface area (Å²) < 4.78 is 66.3. The maximum atomic E-state index is 11.4. The van der Waals surface area contributed by atoms with E-state index in [1.54, 1.807) is 14.1 Å². The molecule has 1 amide bonds. The van der Waals surface area contributed by atoms with Gasteiger partial charge in [-0.15, -0.1) is 0 Å². The zero-order valence-electron chi connectivity index (χ0n) is 7.73. The van der Waals surface area contributed by atoms with E-state index in [1.807, 2.05) is 0 Å². The minimum absolute atomic E-state index is 0.750. The molecule has 9 heteroatoms. The fourth-order valence-electron chi connectivity index (χ4n) is 0.124. The molecule has 1 unspecified atom stereocenters. The van der Waals surface area contributed by atoms with Crippen LogP contribution in [0.2, 0.25) is 0 Å². The summed E-state index contributed by atoms with van der Waals surface area (Å²) in [6, 6.07) is 0. The third kappa shape index (κ3) is 6.15. The second-order valence-corrected chi connectivity index (χ2v) is 2.54. The summed E-state index contributed by atoms with van der Waals surface area (Å²) in [5.41, 5.74) is 0. The summed E-state index contributed by atoms with van der Waals surface area (Å²) in [6.45, 7) is 0. The quantitative estimate of drug-likeness (QED) is 0.582. The SMILES string of the molecule is CN(C)C=O.OC(F)(C(F)F)C(F)(F)F. The largest absolute Gasteiger partial charge is 0.454 e. The zero-order valence-corrected chi connectivity index (χ0v) is 7.73. The number of alkyl halides is 6. The summed E-state index contributed by atoms with van der Waals surface area (Å²) >= 11 is 0. The fraction of sp³-hybridized carbons (Fsp3) is 0.833. The van der Waals surface area contributed by atoms with Crippen LogP contribution in [0.4, 0.5) is 26.3 Å². The number of halogens is 6. The van der Waals surface area contributed by atoms with E-state index in [1.165, 1.54) is 4.90 Å². The third-order valence-electron chi connectivity index (χ3n) is 0.898. The van der Waals surface area contributed by atoms with Crippen molar-refractivity contribution in [1.82, 2.24) is 4.90 Å². The first-order valence-corrected chi connectivity index (χ1v) is 3.34. The topological polar surface area (TPSA) is 40.5 Å². The van der Waals surface area contributed by atoms with Gasteiger partial charge in [0.1, 0.15) is 0 Å². The second-order valence-electron chi connectivity index (χ2n) is 2.54. The smallest absolute Gasteiger partial charge is 0.351 e. The molecule has 0 aromatic carbocycles. The average Bonchev–Trinajstić information content (AvgIpc) is 2.03. The highest BCUT2D eigenvalue weighted by atomic mass is 19.4. The van der Waals surface area contributed by atoms with Gasteiger partial charge in [-0.3, -0.25) is 4.79 Å². The van der Waals surface area contributed by atoms with Crippen LogP contribution in [-0.4, -0.2) is 49.0 Å². The first-order valence-electron chi connectivity index (χ1n) is 3.34. The Labute approximate surface area is 81.3 Å². The lowest BCUT2D eigenvalue weighted by Gasteiger charge is -2.20. The molecule has 1 N–H and O–H groups in total. The molecule has 1 atom stereocenters. The lowest BCUT2D eigenvalue weighted by molar-refractivity contribution is -0.352. The zero-order chi connectivity index (χ0) is 12.9. The van der Waals surface area contributed by atoms with E-state index >= 15 is 0 Å². The molecular formula is C6H9F6NO2. The molecule has 3 nitrogen and oxygen atoms in total. The summed E-state index contributed by atoms with van der Waals surface area (Å²) in [6.07, 6.45) is -9.67. The van der Waals surface area contributed by atoms with Gasteiger partial charge in [0.2, 0.25) is 6.41 Å². The van der Waals surface area contributed by atoms with Gasteiger partial charge in [-0.1, -0.05) is 0 Å². The number of nitrogens with zero attached hydrogens (tertiary/aromatic N) is 1. The van der Waals surface area contributed by atoms with Crippen LogP contribution in [0.15, 0.2) is 0 Å². The van der Waals surface area contributed by atoms with Gasteiger partial charge in [0, 0.05) is 14.1 Å². The molecule has 92 valence electrons. The van der Waals surface area contributed by atoms with Crippen LogP contribution in [-0.2, 0) is 4.79 Å².